The maximum atomic E-state index is 14.2. The van der Waals surface area contributed by atoms with Gasteiger partial charge in [-0.1, -0.05) is 0 Å². The number of aliphatic hydroxyl groups is 4. The molecule has 1 fully saturated rings. The molecule has 174 valence electrons. The molecule has 1 aromatic heterocycles. The van der Waals surface area contributed by atoms with Crippen LogP contribution in [0.1, 0.15) is 5.56 Å². The molecule has 0 saturated carbocycles. The minimum absolute atomic E-state index is 0. The van der Waals surface area contributed by atoms with E-state index in [1.807, 2.05) is 0 Å². The molecule has 1 saturated heterocycles. The minimum atomic E-state index is -4.93. The first-order chi connectivity index (χ1) is 14.4. The number of benzene rings is 1. The van der Waals surface area contributed by atoms with E-state index in [2.05, 4.69) is 4.42 Å². The molecule has 1 aromatic carbocycles. The average Bonchev–Trinajstić information content (AvgIpc) is 2.69. The fraction of sp³-hybridized carbons (Fsp3) is 0.438. The Balaban J connectivity index is 0.00000363. The predicted molar refractivity (Wildman–Crippen MR) is 101 cm³/mol. The Morgan fingerprint density at radius 1 is 1.12 bits per heavy atom. The molecular formula is C16H17F2NaO12S. The zero-order chi connectivity index (χ0) is 23.2. The molecule has 12 nitrogen and oxygen atoms in total. The fourth-order valence-electron chi connectivity index (χ4n) is 3.03. The van der Waals surface area contributed by atoms with Crippen LogP contribution in [0.2, 0.25) is 0 Å². The molecule has 2 heterocycles. The van der Waals surface area contributed by atoms with E-state index in [1.165, 1.54) is 0 Å². The monoisotopic (exact) mass is 494 g/mol. The SMILES string of the molecule is O=c1oc2c(F)c(O)c(F)cc2c(CS(=O)(=O)O)c1O[C@@H]1O[C@H](CO)[C@H](O)[C@H](O)[C@H]1O.[NaH]. The normalized spacial score (nSPS) is 26.0. The number of hydrogen-bond acceptors (Lipinski definition) is 11. The Bertz CT molecular complexity index is 1170. The number of aromatic hydroxyl groups is 1. The van der Waals surface area contributed by atoms with Gasteiger partial charge in [0.1, 0.15) is 30.2 Å². The van der Waals surface area contributed by atoms with Crippen LogP contribution < -0.4 is 10.4 Å². The van der Waals surface area contributed by atoms with Crippen molar-refractivity contribution >= 4 is 50.6 Å². The van der Waals surface area contributed by atoms with Crippen LogP contribution in [-0.2, 0) is 20.6 Å². The summed E-state index contributed by atoms with van der Waals surface area (Å²) in [7, 11) is -4.93. The number of rotatable bonds is 5. The molecule has 6 N–H and O–H groups in total. The van der Waals surface area contributed by atoms with Gasteiger partial charge in [-0.2, -0.15) is 12.8 Å². The second-order valence-corrected chi connectivity index (χ2v) is 8.09. The van der Waals surface area contributed by atoms with Crippen molar-refractivity contribution in [2.45, 2.75) is 36.5 Å². The summed E-state index contributed by atoms with van der Waals surface area (Å²) in [6.45, 7) is -0.856. The van der Waals surface area contributed by atoms with E-state index in [9.17, 15) is 52.1 Å². The van der Waals surface area contributed by atoms with Gasteiger partial charge in [-0.3, -0.25) is 4.55 Å². The number of hydrogen-bond donors (Lipinski definition) is 6. The first kappa shape index (κ1) is 26.8. The van der Waals surface area contributed by atoms with Gasteiger partial charge < -0.3 is 39.4 Å². The summed E-state index contributed by atoms with van der Waals surface area (Å²) in [5.74, 6) is -7.29. The Labute approximate surface area is 199 Å². The zero-order valence-corrected chi connectivity index (χ0v) is 16.0. The average molecular weight is 494 g/mol. The van der Waals surface area contributed by atoms with Gasteiger partial charge >= 0.3 is 35.2 Å². The van der Waals surface area contributed by atoms with Gasteiger partial charge in [0.25, 0.3) is 10.1 Å². The molecule has 1 aliphatic rings. The van der Waals surface area contributed by atoms with Gasteiger partial charge in [-0.25, -0.2) is 9.18 Å². The van der Waals surface area contributed by atoms with E-state index in [1.54, 1.807) is 0 Å². The molecule has 5 atom stereocenters. The van der Waals surface area contributed by atoms with Gasteiger partial charge in [0.15, 0.2) is 17.1 Å². The summed E-state index contributed by atoms with van der Waals surface area (Å²) in [5, 5.41) is 47.5. The maximum absolute atomic E-state index is 14.2. The Kier molecular flexibility index (Phi) is 8.26. The standard InChI is InChI=1S/C16H16F2O12S.Na.H/c17-6-1-4-5(3-31(25,26)27)14(15(24)29-13(4)8(18)9(6)20)30-16-12(23)11(22)10(21)7(2-19)28-16;;/h1,7,10-12,16,19-23H,2-3H2,(H,25,26,27);;/t7-,10+,11+,12-,16+;;/m1../s1. The number of ether oxygens (including phenoxy) is 2. The molecule has 3 rings (SSSR count). The second-order valence-electron chi connectivity index (χ2n) is 6.64. The molecule has 2 aromatic rings. The van der Waals surface area contributed by atoms with Crippen molar-refractivity contribution in [3.8, 4) is 11.5 Å². The van der Waals surface area contributed by atoms with Gasteiger partial charge in [0.2, 0.25) is 17.9 Å². The van der Waals surface area contributed by atoms with Gasteiger partial charge in [-0.15, -0.1) is 0 Å². The number of aliphatic hydroxyl groups excluding tert-OH is 4. The van der Waals surface area contributed by atoms with Gasteiger partial charge in [-0.05, 0) is 6.07 Å². The first-order valence-corrected chi connectivity index (χ1v) is 10.1. The van der Waals surface area contributed by atoms with Crippen molar-refractivity contribution in [2.75, 3.05) is 6.61 Å². The third-order valence-electron chi connectivity index (χ3n) is 4.54. The number of phenolic OH excluding ortho intramolecular Hbond substituents is 1. The van der Waals surface area contributed by atoms with Crippen LogP contribution in [-0.4, -0.2) is 105 Å². The van der Waals surface area contributed by atoms with Gasteiger partial charge in [0, 0.05) is 10.9 Å². The van der Waals surface area contributed by atoms with Crippen molar-refractivity contribution in [2.24, 2.45) is 0 Å². The van der Waals surface area contributed by atoms with E-state index < -0.39 is 98.5 Å². The number of fused-ring (bicyclic) bond motifs is 1. The van der Waals surface area contributed by atoms with Crippen LogP contribution in [0.5, 0.6) is 11.5 Å². The summed E-state index contributed by atoms with van der Waals surface area (Å²) in [6.07, 6.45) is -9.19. The second kappa shape index (κ2) is 9.84. The summed E-state index contributed by atoms with van der Waals surface area (Å²) in [4.78, 5) is 12.4. The van der Waals surface area contributed by atoms with E-state index in [-0.39, 0.29) is 29.6 Å². The molecule has 32 heavy (non-hydrogen) atoms. The van der Waals surface area contributed by atoms with Crippen molar-refractivity contribution in [1.29, 1.82) is 0 Å². The Morgan fingerprint density at radius 2 is 1.75 bits per heavy atom. The molecule has 0 amide bonds. The first-order valence-electron chi connectivity index (χ1n) is 8.44. The molecule has 1 aliphatic heterocycles. The van der Waals surface area contributed by atoms with Crippen LogP contribution in [0, 0.1) is 11.6 Å². The van der Waals surface area contributed by atoms with E-state index in [4.69, 9.17) is 9.47 Å². The third kappa shape index (κ3) is 5.06. The van der Waals surface area contributed by atoms with Crippen molar-refractivity contribution in [3.63, 3.8) is 0 Å². The van der Waals surface area contributed by atoms with Crippen LogP contribution >= 0.6 is 0 Å². The molecule has 0 spiro atoms. The topological polar surface area (TPSA) is 204 Å². The summed E-state index contributed by atoms with van der Waals surface area (Å²) in [5.41, 5.74) is -3.44. The van der Waals surface area contributed by atoms with Gasteiger partial charge in [0.05, 0.1) is 6.61 Å². The zero-order valence-electron chi connectivity index (χ0n) is 15.2. The van der Waals surface area contributed by atoms with Crippen LogP contribution in [0.3, 0.4) is 0 Å². The van der Waals surface area contributed by atoms with Crippen LogP contribution in [0.25, 0.3) is 11.0 Å². The number of halogens is 2. The molecule has 0 aliphatic carbocycles. The third-order valence-corrected chi connectivity index (χ3v) is 5.19. The van der Waals surface area contributed by atoms with E-state index in [0.717, 1.165) is 0 Å². The Morgan fingerprint density at radius 3 is 2.31 bits per heavy atom. The Hall–Kier alpha value is -1.40. The van der Waals surface area contributed by atoms with Crippen molar-refractivity contribution < 1.29 is 61.2 Å². The van der Waals surface area contributed by atoms with Crippen LogP contribution in [0.15, 0.2) is 15.3 Å². The molecule has 16 heteroatoms. The quantitative estimate of drug-likeness (QED) is 0.147. The predicted octanol–water partition coefficient (Wildman–Crippen LogP) is -2.31. The van der Waals surface area contributed by atoms with E-state index >= 15 is 0 Å². The molecule has 0 radical (unpaired) electrons. The number of phenols is 1. The van der Waals surface area contributed by atoms with E-state index in [0.29, 0.717) is 6.07 Å². The van der Waals surface area contributed by atoms with Crippen molar-refractivity contribution in [1.82, 2.24) is 0 Å². The fourth-order valence-corrected chi connectivity index (χ4v) is 3.68. The molecule has 0 unspecified atom stereocenters. The summed E-state index contributed by atoms with van der Waals surface area (Å²) < 4.78 is 74.9. The van der Waals surface area contributed by atoms with Crippen molar-refractivity contribution in [3.05, 3.63) is 33.7 Å². The molecular weight excluding hydrogens is 477 g/mol. The van der Waals surface area contributed by atoms with Crippen LogP contribution in [0.4, 0.5) is 8.78 Å². The summed E-state index contributed by atoms with van der Waals surface area (Å²) >= 11 is 0. The molecule has 0 bridgehead atoms. The summed E-state index contributed by atoms with van der Waals surface area (Å²) in [6, 6.07) is 0.414.